The van der Waals surface area contributed by atoms with Crippen molar-refractivity contribution in [1.82, 2.24) is 15.2 Å². The second-order valence-corrected chi connectivity index (χ2v) is 5.67. The first-order valence-corrected chi connectivity index (χ1v) is 7.67. The van der Waals surface area contributed by atoms with Gasteiger partial charge in [0.2, 0.25) is 0 Å². The van der Waals surface area contributed by atoms with Crippen molar-refractivity contribution in [3.8, 4) is 0 Å². The van der Waals surface area contributed by atoms with Gasteiger partial charge in [-0.05, 0) is 23.8 Å². The maximum atomic E-state index is 14.3. The van der Waals surface area contributed by atoms with Gasteiger partial charge in [0, 0.05) is 32.0 Å². The number of aromatic nitrogens is 1. The number of rotatable bonds is 2. The van der Waals surface area contributed by atoms with Gasteiger partial charge in [-0.2, -0.15) is 13.2 Å². The lowest BCUT2D eigenvalue weighted by Crippen LogP contribution is -2.49. The highest BCUT2D eigenvalue weighted by atomic mass is 35.5. The molecule has 1 atom stereocenters. The number of halogens is 5. The summed E-state index contributed by atoms with van der Waals surface area (Å²) in [6, 6.07) is 5.80. The van der Waals surface area contributed by atoms with Crippen molar-refractivity contribution >= 4 is 18.3 Å². The molecule has 0 bridgehead atoms. The lowest BCUT2D eigenvalue weighted by atomic mass is 10.0. The summed E-state index contributed by atoms with van der Waals surface area (Å²) in [5.41, 5.74) is -1.28. The maximum absolute atomic E-state index is 14.3. The largest absolute Gasteiger partial charge is 0.419 e. The Kier molecular flexibility index (Phi) is 6.20. The van der Waals surface area contributed by atoms with Crippen LogP contribution in [0.25, 0.3) is 0 Å². The van der Waals surface area contributed by atoms with Crippen LogP contribution in [-0.4, -0.2) is 35.4 Å². The van der Waals surface area contributed by atoms with Crippen molar-refractivity contribution in [1.29, 1.82) is 0 Å². The van der Waals surface area contributed by atoms with Gasteiger partial charge in [0.25, 0.3) is 5.91 Å². The molecule has 0 radical (unpaired) electrons. The van der Waals surface area contributed by atoms with Crippen LogP contribution < -0.4 is 5.32 Å². The quantitative estimate of drug-likeness (QED) is 0.800. The zero-order chi connectivity index (χ0) is 18.0. The molecule has 1 saturated heterocycles. The number of carbonyl (C=O) groups is 1. The minimum Gasteiger partial charge on any atom is -0.329 e. The topological polar surface area (TPSA) is 45.2 Å². The number of alkyl halides is 3. The number of piperazine rings is 1. The third-order valence-electron chi connectivity index (χ3n) is 4.11. The van der Waals surface area contributed by atoms with Crippen LogP contribution in [0.4, 0.5) is 17.6 Å². The van der Waals surface area contributed by atoms with Crippen LogP contribution in [0.3, 0.4) is 0 Å². The Morgan fingerprint density at radius 1 is 1.23 bits per heavy atom. The molecule has 1 N–H and O–H groups in total. The van der Waals surface area contributed by atoms with E-state index in [-0.39, 0.29) is 19.0 Å². The predicted molar refractivity (Wildman–Crippen MR) is 89.5 cm³/mol. The molecule has 140 valence electrons. The average molecular weight is 390 g/mol. The summed E-state index contributed by atoms with van der Waals surface area (Å²) >= 11 is 0. The zero-order valence-corrected chi connectivity index (χ0v) is 14.3. The molecule has 2 heterocycles. The predicted octanol–water partition coefficient (Wildman–Crippen LogP) is 3.45. The highest BCUT2D eigenvalue weighted by Gasteiger charge is 2.37. The number of carbonyl (C=O) groups excluding carboxylic acids is 1. The monoisotopic (exact) mass is 389 g/mol. The minimum absolute atomic E-state index is 0. The Morgan fingerprint density at radius 3 is 2.65 bits per heavy atom. The van der Waals surface area contributed by atoms with Crippen molar-refractivity contribution in [3.05, 3.63) is 65.2 Å². The second-order valence-electron chi connectivity index (χ2n) is 5.67. The van der Waals surface area contributed by atoms with Gasteiger partial charge in [-0.1, -0.05) is 12.1 Å². The number of hydrogen-bond donors (Lipinski definition) is 1. The van der Waals surface area contributed by atoms with E-state index in [4.69, 9.17) is 0 Å². The molecule has 3 rings (SSSR count). The van der Waals surface area contributed by atoms with E-state index in [9.17, 15) is 22.4 Å². The number of amides is 1. The number of pyridine rings is 1. The van der Waals surface area contributed by atoms with Gasteiger partial charge in [-0.15, -0.1) is 12.4 Å². The molecule has 1 aliphatic rings. The van der Waals surface area contributed by atoms with E-state index in [2.05, 4.69) is 10.3 Å². The van der Waals surface area contributed by atoms with Crippen molar-refractivity contribution in [2.45, 2.75) is 12.2 Å². The van der Waals surface area contributed by atoms with E-state index in [1.165, 1.54) is 4.90 Å². The fourth-order valence-corrected chi connectivity index (χ4v) is 2.89. The Hall–Kier alpha value is -2.19. The number of hydrogen-bond acceptors (Lipinski definition) is 3. The van der Waals surface area contributed by atoms with E-state index >= 15 is 0 Å². The molecule has 1 aliphatic heterocycles. The van der Waals surface area contributed by atoms with Crippen molar-refractivity contribution in [2.75, 3.05) is 19.6 Å². The molecular formula is C17H16ClF4N3O. The van der Waals surface area contributed by atoms with Crippen molar-refractivity contribution in [2.24, 2.45) is 0 Å². The van der Waals surface area contributed by atoms with Crippen molar-refractivity contribution in [3.63, 3.8) is 0 Å². The van der Waals surface area contributed by atoms with Gasteiger partial charge in [-0.25, -0.2) is 4.39 Å². The van der Waals surface area contributed by atoms with Gasteiger partial charge in [-0.3, -0.25) is 9.78 Å². The molecule has 1 aromatic heterocycles. The molecule has 1 aromatic carbocycles. The van der Waals surface area contributed by atoms with Crippen LogP contribution in [0.15, 0.2) is 42.7 Å². The molecule has 1 amide bonds. The summed E-state index contributed by atoms with van der Waals surface area (Å²) in [6.45, 7) is 1.15. The maximum Gasteiger partial charge on any atom is 0.419 e. The van der Waals surface area contributed by atoms with Crippen LogP contribution in [0.1, 0.15) is 27.5 Å². The molecule has 4 nitrogen and oxygen atoms in total. The summed E-state index contributed by atoms with van der Waals surface area (Å²) in [7, 11) is 0. The van der Waals surface area contributed by atoms with Crippen LogP contribution in [0, 0.1) is 5.82 Å². The SMILES string of the molecule is Cl.O=C(c1cccc(C(F)(F)F)c1F)N1CCNCC1c1cccnc1. The van der Waals surface area contributed by atoms with Crippen LogP contribution >= 0.6 is 12.4 Å². The summed E-state index contributed by atoms with van der Waals surface area (Å²) in [5.74, 6) is -2.30. The van der Waals surface area contributed by atoms with Crippen molar-refractivity contribution < 1.29 is 22.4 Å². The summed E-state index contributed by atoms with van der Waals surface area (Å²) in [4.78, 5) is 18.1. The first-order valence-electron chi connectivity index (χ1n) is 7.67. The second kappa shape index (κ2) is 8.01. The molecule has 0 spiro atoms. The zero-order valence-electron chi connectivity index (χ0n) is 13.5. The first kappa shape index (κ1) is 20.1. The fraction of sp³-hybridized carbons (Fsp3) is 0.294. The van der Waals surface area contributed by atoms with Gasteiger partial charge in [0.15, 0.2) is 0 Å². The smallest absolute Gasteiger partial charge is 0.329 e. The average Bonchev–Trinajstić information content (AvgIpc) is 2.61. The van der Waals surface area contributed by atoms with E-state index in [1.807, 2.05) is 0 Å². The minimum atomic E-state index is -4.85. The fourth-order valence-electron chi connectivity index (χ4n) is 2.89. The first-order chi connectivity index (χ1) is 11.9. The Labute approximate surface area is 153 Å². The van der Waals surface area contributed by atoms with Gasteiger partial charge in [0.05, 0.1) is 17.2 Å². The van der Waals surface area contributed by atoms with Crippen LogP contribution in [-0.2, 0) is 6.18 Å². The lowest BCUT2D eigenvalue weighted by Gasteiger charge is -2.36. The lowest BCUT2D eigenvalue weighted by molar-refractivity contribution is -0.140. The highest BCUT2D eigenvalue weighted by Crippen LogP contribution is 2.33. The standard InChI is InChI=1S/C17H15F4N3O.ClH/c18-15-12(4-1-5-13(15)17(19,20)21)16(25)24-8-7-23-10-14(24)11-3-2-6-22-9-11;/h1-6,9,14,23H,7-8,10H2;1H. The Morgan fingerprint density at radius 2 is 2.00 bits per heavy atom. The molecule has 0 saturated carbocycles. The number of benzene rings is 1. The van der Waals surface area contributed by atoms with Gasteiger partial charge < -0.3 is 10.2 Å². The molecular weight excluding hydrogens is 374 g/mol. The normalized spacial score (nSPS) is 17.5. The molecule has 1 unspecified atom stereocenters. The Balaban J connectivity index is 0.00000243. The molecule has 0 aliphatic carbocycles. The molecule has 9 heteroatoms. The molecule has 2 aromatic rings. The van der Waals surface area contributed by atoms with Crippen LogP contribution in [0.5, 0.6) is 0 Å². The third kappa shape index (κ3) is 3.96. The van der Waals surface area contributed by atoms with Crippen LogP contribution in [0.2, 0.25) is 0 Å². The summed E-state index contributed by atoms with van der Waals surface area (Å²) in [5, 5.41) is 3.12. The van der Waals surface area contributed by atoms with Gasteiger partial charge >= 0.3 is 6.18 Å². The highest BCUT2D eigenvalue weighted by molar-refractivity contribution is 5.95. The van der Waals surface area contributed by atoms with E-state index in [1.54, 1.807) is 24.5 Å². The summed E-state index contributed by atoms with van der Waals surface area (Å²) < 4.78 is 53.0. The van der Waals surface area contributed by atoms with Gasteiger partial charge in [0.1, 0.15) is 5.82 Å². The van der Waals surface area contributed by atoms with E-state index < -0.39 is 35.1 Å². The summed E-state index contributed by atoms with van der Waals surface area (Å²) in [6.07, 6.45) is -1.69. The van der Waals surface area contributed by atoms with E-state index in [0.29, 0.717) is 19.2 Å². The number of nitrogens with zero attached hydrogens (tertiary/aromatic N) is 2. The Bertz CT molecular complexity index is 770. The van der Waals surface area contributed by atoms with E-state index in [0.717, 1.165) is 17.7 Å². The number of nitrogens with one attached hydrogen (secondary N) is 1. The molecule has 1 fully saturated rings. The molecule has 26 heavy (non-hydrogen) atoms. The third-order valence-corrected chi connectivity index (χ3v) is 4.11.